The first kappa shape index (κ1) is 21.0. The van der Waals surface area contributed by atoms with Crippen molar-refractivity contribution in [2.45, 2.75) is 12.6 Å². The molecule has 0 radical (unpaired) electrons. The lowest BCUT2D eigenvalue weighted by molar-refractivity contribution is -0.139. The molecule has 0 heterocycles. The summed E-state index contributed by atoms with van der Waals surface area (Å²) in [5, 5.41) is 15.2. The number of rotatable bonds is 8. The number of methoxy groups -OCH3 is 3. The van der Waals surface area contributed by atoms with Gasteiger partial charge in [-0.2, -0.15) is 0 Å². The Morgan fingerprint density at radius 2 is 1.64 bits per heavy atom. The van der Waals surface area contributed by atoms with Gasteiger partial charge in [-0.15, -0.1) is 0 Å². The van der Waals surface area contributed by atoms with Gasteiger partial charge >= 0.3 is 11.8 Å². The number of ether oxygens (including phenoxy) is 3. The molecule has 0 aliphatic rings. The lowest BCUT2D eigenvalue weighted by Gasteiger charge is -2.15. The van der Waals surface area contributed by atoms with Crippen molar-refractivity contribution in [2.75, 3.05) is 27.9 Å². The topological polar surface area (TPSA) is 106 Å². The van der Waals surface area contributed by atoms with Gasteiger partial charge in [-0.05, 0) is 35.4 Å². The maximum Gasteiger partial charge on any atom is 0.309 e. The average Bonchev–Trinajstić information content (AvgIpc) is 2.74. The van der Waals surface area contributed by atoms with E-state index in [1.54, 1.807) is 43.5 Å². The number of aliphatic hydroxyl groups excluding tert-OH is 1. The van der Waals surface area contributed by atoms with Crippen LogP contribution in [0.3, 0.4) is 0 Å². The van der Waals surface area contributed by atoms with Gasteiger partial charge in [-0.1, -0.05) is 18.2 Å². The summed E-state index contributed by atoms with van der Waals surface area (Å²) in [5.41, 5.74) is 1.32. The number of nitrogens with one attached hydrogen (secondary N) is 2. The lowest BCUT2D eigenvalue weighted by atomic mass is 10.1. The molecule has 2 aromatic rings. The summed E-state index contributed by atoms with van der Waals surface area (Å²) < 4.78 is 15.4. The summed E-state index contributed by atoms with van der Waals surface area (Å²) in [6.45, 7) is 0.0581. The standard InChI is InChI=1S/C20H24N2O6/c1-26-15-6-4-5-13(9-15)11-21-19(24)20(25)22-12-16(23)14-7-8-17(27-2)18(10-14)28-3/h4-10,16,23H,11-12H2,1-3H3,(H,21,24)(H,22,25). The molecule has 2 rings (SSSR count). The van der Waals surface area contributed by atoms with Crippen LogP contribution in [0.5, 0.6) is 17.2 Å². The van der Waals surface area contributed by atoms with Crippen LogP contribution < -0.4 is 24.8 Å². The number of hydrogen-bond donors (Lipinski definition) is 3. The van der Waals surface area contributed by atoms with Crippen molar-refractivity contribution >= 4 is 11.8 Å². The van der Waals surface area contributed by atoms with Crippen LogP contribution in [0.15, 0.2) is 42.5 Å². The van der Waals surface area contributed by atoms with Crippen LogP contribution in [0.4, 0.5) is 0 Å². The zero-order valence-corrected chi connectivity index (χ0v) is 16.0. The predicted octanol–water partition coefficient (Wildman–Crippen LogP) is 1.18. The smallest absolute Gasteiger partial charge is 0.309 e. The molecule has 0 fully saturated rings. The fourth-order valence-corrected chi connectivity index (χ4v) is 2.49. The zero-order valence-electron chi connectivity index (χ0n) is 16.0. The van der Waals surface area contributed by atoms with E-state index in [4.69, 9.17) is 14.2 Å². The van der Waals surface area contributed by atoms with Crippen molar-refractivity contribution in [1.29, 1.82) is 0 Å². The first-order valence-electron chi connectivity index (χ1n) is 8.57. The number of aliphatic hydroxyl groups is 1. The minimum atomic E-state index is -1.00. The third-order valence-electron chi connectivity index (χ3n) is 4.04. The molecule has 0 bridgehead atoms. The van der Waals surface area contributed by atoms with Crippen LogP contribution >= 0.6 is 0 Å². The third kappa shape index (κ3) is 5.62. The molecule has 8 nitrogen and oxygen atoms in total. The highest BCUT2D eigenvalue weighted by Crippen LogP contribution is 2.29. The molecule has 150 valence electrons. The van der Waals surface area contributed by atoms with Crippen molar-refractivity contribution in [3.05, 3.63) is 53.6 Å². The fraction of sp³-hybridized carbons (Fsp3) is 0.300. The summed E-state index contributed by atoms with van der Waals surface area (Å²) in [4.78, 5) is 23.9. The largest absolute Gasteiger partial charge is 0.497 e. The van der Waals surface area contributed by atoms with Gasteiger partial charge in [0.15, 0.2) is 11.5 Å². The van der Waals surface area contributed by atoms with Crippen molar-refractivity contribution < 1.29 is 28.9 Å². The average molecular weight is 388 g/mol. The molecule has 1 unspecified atom stereocenters. The first-order valence-corrected chi connectivity index (χ1v) is 8.57. The molecule has 0 aliphatic heterocycles. The second kappa shape index (κ2) is 10.2. The van der Waals surface area contributed by atoms with Gasteiger partial charge in [0.05, 0.1) is 27.4 Å². The van der Waals surface area contributed by atoms with E-state index in [1.165, 1.54) is 14.2 Å². The van der Waals surface area contributed by atoms with Crippen molar-refractivity contribution in [1.82, 2.24) is 10.6 Å². The van der Waals surface area contributed by atoms with E-state index in [1.807, 2.05) is 6.07 Å². The molecule has 1 atom stereocenters. The van der Waals surface area contributed by atoms with Gasteiger partial charge < -0.3 is 30.0 Å². The highest BCUT2D eigenvalue weighted by molar-refractivity contribution is 6.35. The molecular weight excluding hydrogens is 364 g/mol. The second-order valence-electron chi connectivity index (χ2n) is 5.87. The number of carbonyl (C=O) groups is 2. The van der Waals surface area contributed by atoms with Gasteiger partial charge in [-0.25, -0.2) is 0 Å². The molecule has 0 spiro atoms. The zero-order chi connectivity index (χ0) is 20.5. The summed E-state index contributed by atoms with van der Waals surface area (Å²) in [6, 6.07) is 12.1. The van der Waals surface area contributed by atoms with Crippen LogP contribution in [-0.4, -0.2) is 44.8 Å². The quantitative estimate of drug-likeness (QED) is 0.587. The third-order valence-corrected chi connectivity index (χ3v) is 4.04. The number of amides is 2. The summed E-state index contributed by atoms with van der Waals surface area (Å²) >= 11 is 0. The van der Waals surface area contributed by atoms with E-state index >= 15 is 0 Å². The Morgan fingerprint density at radius 3 is 2.32 bits per heavy atom. The minimum Gasteiger partial charge on any atom is -0.497 e. The van der Waals surface area contributed by atoms with Gasteiger partial charge in [0.1, 0.15) is 5.75 Å². The molecule has 0 saturated heterocycles. The van der Waals surface area contributed by atoms with E-state index < -0.39 is 17.9 Å². The predicted molar refractivity (Wildman–Crippen MR) is 102 cm³/mol. The van der Waals surface area contributed by atoms with Crippen LogP contribution in [0.25, 0.3) is 0 Å². The molecule has 0 saturated carbocycles. The first-order chi connectivity index (χ1) is 13.5. The normalized spacial score (nSPS) is 11.3. The Labute approximate surface area is 163 Å². The Kier molecular flexibility index (Phi) is 7.65. The summed E-state index contributed by atoms with van der Waals surface area (Å²) in [6.07, 6.45) is -1.00. The van der Waals surface area contributed by atoms with E-state index in [9.17, 15) is 14.7 Å². The monoisotopic (exact) mass is 388 g/mol. The Balaban J connectivity index is 1.85. The fourth-order valence-electron chi connectivity index (χ4n) is 2.49. The van der Waals surface area contributed by atoms with Gasteiger partial charge in [-0.3, -0.25) is 9.59 Å². The van der Waals surface area contributed by atoms with Gasteiger partial charge in [0.25, 0.3) is 0 Å². The highest BCUT2D eigenvalue weighted by atomic mass is 16.5. The summed E-state index contributed by atoms with van der Waals surface area (Å²) in [7, 11) is 4.55. The Bertz CT molecular complexity index is 824. The van der Waals surface area contributed by atoms with Crippen LogP contribution in [-0.2, 0) is 16.1 Å². The Morgan fingerprint density at radius 1 is 0.929 bits per heavy atom. The molecule has 2 aromatic carbocycles. The van der Waals surface area contributed by atoms with E-state index in [0.29, 0.717) is 22.8 Å². The van der Waals surface area contributed by atoms with E-state index in [2.05, 4.69) is 10.6 Å². The highest BCUT2D eigenvalue weighted by Gasteiger charge is 2.17. The van der Waals surface area contributed by atoms with Crippen molar-refractivity contribution in [3.8, 4) is 17.2 Å². The molecule has 3 N–H and O–H groups in total. The maximum absolute atomic E-state index is 11.9. The van der Waals surface area contributed by atoms with Crippen LogP contribution in [0, 0.1) is 0 Å². The van der Waals surface area contributed by atoms with Crippen LogP contribution in [0.2, 0.25) is 0 Å². The summed E-state index contributed by atoms with van der Waals surface area (Å²) in [5.74, 6) is 0.0276. The SMILES string of the molecule is COc1cccc(CNC(=O)C(=O)NCC(O)c2ccc(OC)c(OC)c2)c1. The van der Waals surface area contributed by atoms with Gasteiger partial charge in [0, 0.05) is 13.1 Å². The van der Waals surface area contributed by atoms with E-state index in [0.717, 1.165) is 5.56 Å². The maximum atomic E-state index is 11.9. The minimum absolute atomic E-state index is 0.124. The molecular formula is C20H24N2O6. The molecule has 28 heavy (non-hydrogen) atoms. The molecule has 8 heteroatoms. The Hall–Kier alpha value is -3.26. The molecule has 0 aliphatic carbocycles. The molecule has 2 amide bonds. The van der Waals surface area contributed by atoms with Crippen molar-refractivity contribution in [3.63, 3.8) is 0 Å². The second-order valence-corrected chi connectivity index (χ2v) is 5.87. The van der Waals surface area contributed by atoms with Gasteiger partial charge in [0.2, 0.25) is 0 Å². The number of hydrogen-bond acceptors (Lipinski definition) is 6. The van der Waals surface area contributed by atoms with Crippen LogP contribution in [0.1, 0.15) is 17.2 Å². The van der Waals surface area contributed by atoms with E-state index in [-0.39, 0.29) is 13.1 Å². The number of benzene rings is 2. The molecule has 0 aromatic heterocycles. The lowest BCUT2D eigenvalue weighted by Crippen LogP contribution is -2.41. The number of carbonyl (C=O) groups excluding carboxylic acids is 2. The van der Waals surface area contributed by atoms with Crippen molar-refractivity contribution in [2.24, 2.45) is 0 Å².